The zero-order chi connectivity index (χ0) is 20.2. The fraction of sp³-hybridized carbons (Fsp3) is 0.562. The molecule has 5 N–H and O–H groups in total. The minimum absolute atomic E-state index is 0.123. The molecular formula is C16H22N6O4S2. The normalized spacial score (nSPS) is 32.8. The summed E-state index contributed by atoms with van der Waals surface area (Å²) in [6.07, 6.45) is 2.80. The molecule has 152 valence electrons. The molecular weight excluding hydrogens is 404 g/mol. The number of nitrogens with two attached hydrogens (primary N) is 1. The lowest BCUT2D eigenvalue weighted by Gasteiger charge is -2.52. The average Bonchev–Trinajstić information content (AvgIpc) is 3.09. The maximum Gasteiger partial charge on any atom is 0.313 e. The Bertz CT molecular complexity index is 815. The summed E-state index contributed by atoms with van der Waals surface area (Å²) in [5.74, 6) is 0.201. The monoisotopic (exact) mass is 426 g/mol. The van der Waals surface area contributed by atoms with E-state index >= 15 is 0 Å². The minimum atomic E-state index is -1.06. The third-order valence-electron chi connectivity index (χ3n) is 5.08. The lowest BCUT2D eigenvalue weighted by molar-refractivity contribution is -0.155. The molecule has 0 spiro atoms. The summed E-state index contributed by atoms with van der Waals surface area (Å²) in [4.78, 5) is 30.1. The molecule has 4 rings (SSSR count). The summed E-state index contributed by atoms with van der Waals surface area (Å²) >= 11 is 2.82. The van der Waals surface area contributed by atoms with Crippen LogP contribution in [0.5, 0.6) is 0 Å². The van der Waals surface area contributed by atoms with Crippen LogP contribution < -0.4 is 11.3 Å². The topological polar surface area (TPSA) is 135 Å². The number of carbonyl (C=O) groups is 2. The fourth-order valence-corrected chi connectivity index (χ4v) is 6.27. The zero-order valence-corrected chi connectivity index (χ0v) is 17.0. The standard InChI is InChI=1S/C16H22N6O4S2/c1-8-3-11(22-10(18-8)4-21(19-22)9(2)23)27-6-16(15(25)26)5-20-13(24)12(17)14(20)28-7-16/h3-4,9,12,14,19,23H,5-7,17H2,1-2H3,(H,25,26)/t9?,12?,14-,16?/m1/s1. The first kappa shape index (κ1) is 19.6. The molecule has 0 radical (unpaired) electrons. The van der Waals surface area contributed by atoms with E-state index in [4.69, 9.17) is 5.73 Å². The third kappa shape index (κ3) is 3.08. The number of fused-ring (bicyclic) bond motifs is 2. The number of hydrogen-bond acceptors (Lipinski definition) is 10. The molecule has 4 heterocycles. The molecule has 3 unspecified atom stereocenters. The Balaban J connectivity index is 1.49. The quantitative estimate of drug-likeness (QED) is 0.427. The average molecular weight is 427 g/mol. The van der Waals surface area contributed by atoms with Crippen LogP contribution in [0.3, 0.4) is 0 Å². The van der Waals surface area contributed by atoms with Gasteiger partial charge in [0.25, 0.3) is 0 Å². The summed E-state index contributed by atoms with van der Waals surface area (Å²) < 4.78 is 0. The van der Waals surface area contributed by atoms with Crippen LogP contribution in [0.4, 0.5) is 0 Å². The van der Waals surface area contributed by atoms with Crippen molar-refractivity contribution in [1.82, 2.24) is 20.5 Å². The number of carbonyl (C=O) groups excluding carboxylic acids is 1. The Hall–Kier alpha value is -1.73. The van der Waals surface area contributed by atoms with E-state index < -0.39 is 23.7 Å². The van der Waals surface area contributed by atoms with Crippen LogP contribution in [0.2, 0.25) is 0 Å². The van der Waals surface area contributed by atoms with Gasteiger partial charge in [0.05, 0.1) is 11.2 Å². The SMILES string of the molecule is CC1=NC2=CN(C(C)O)NN2C(SCC2(C(=O)O)CS[C@@H]3C(N)C(=O)N3C2)=C1. The number of nitrogens with one attached hydrogen (secondary N) is 1. The lowest BCUT2D eigenvalue weighted by atomic mass is 9.89. The molecule has 0 saturated carbocycles. The van der Waals surface area contributed by atoms with Crippen molar-refractivity contribution >= 4 is 41.1 Å². The van der Waals surface area contributed by atoms with Gasteiger partial charge in [-0.05, 0) is 19.9 Å². The van der Waals surface area contributed by atoms with Crippen molar-refractivity contribution in [1.29, 1.82) is 0 Å². The smallest absolute Gasteiger partial charge is 0.313 e. The van der Waals surface area contributed by atoms with Gasteiger partial charge in [-0.25, -0.2) is 10.0 Å². The van der Waals surface area contributed by atoms with Crippen molar-refractivity contribution in [3.05, 3.63) is 23.1 Å². The van der Waals surface area contributed by atoms with Crippen LogP contribution in [0.25, 0.3) is 0 Å². The van der Waals surface area contributed by atoms with E-state index in [2.05, 4.69) is 10.5 Å². The number of aliphatic carboxylic acids is 1. The van der Waals surface area contributed by atoms with Crippen LogP contribution in [-0.4, -0.2) is 78.4 Å². The first-order valence-electron chi connectivity index (χ1n) is 8.77. The van der Waals surface area contributed by atoms with E-state index in [1.165, 1.54) is 28.5 Å². The molecule has 0 aromatic carbocycles. The number of hydrogen-bond donors (Lipinski definition) is 4. The van der Waals surface area contributed by atoms with Crippen LogP contribution in [-0.2, 0) is 9.59 Å². The molecule has 4 aliphatic rings. The van der Waals surface area contributed by atoms with E-state index in [0.29, 0.717) is 17.3 Å². The Morgan fingerprint density at radius 1 is 1.61 bits per heavy atom. The number of thioether (sulfide) groups is 2. The van der Waals surface area contributed by atoms with Crippen molar-refractivity contribution in [3.63, 3.8) is 0 Å². The summed E-state index contributed by atoms with van der Waals surface area (Å²) in [5, 5.41) is 23.6. The molecule has 0 bridgehead atoms. The van der Waals surface area contributed by atoms with Gasteiger partial charge in [0.15, 0.2) is 5.82 Å². The molecule has 4 atom stereocenters. The Kier molecular flexibility index (Phi) is 4.86. The molecule has 2 fully saturated rings. The van der Waals surface area contributed by atoms with Gasteiger partial charge in [0, 0.05) is 23.8 Å². The van der Waals surface area contributed by atoms with Crippen LogP contribution in [0.1, 0.15) is 13.8 Å². The van der Waals surface area contributed by atoms with Gasteiger partial charge in [-0.1, -0.05) is 0 Å². The van der Waals surface area contributed by atoms with Gasteiger partial charge in [0.1, 0.15) is 23.1 Å². The Labute approximate surface area is 170 Å². The second-order valence-corrected chi connectivity index (χ2v) is 9.37. The molecule has 1 amide bonds. The second-order valence-electron chi connectivity index (χ2n) is 7.27. The third-order valence-corrected chi connectivity index (χ3v) is 7.98. The Morgan fingerprint density at radius 2 is 2.36 bits per heavy atom. The van der Waals surface area contributed by atoms with E-state index in [-0.39, 0.29) is 17.8 Å². The first-order valence-corrected chi connectivity index (χ1v) is 10.8. The maximum atomic E-state index is 12.1. The Morgan fingerprint density at radius 3 is 3.04 bits per heavy atom. The van der Waals surface area contributed by atoms with E-state index in [0.717, 1.165) is 10.7 Å². The zero-order valence-electron chi connectivity index (χ0n) is 15.4. The van der Waals surface area contributed by atoms with Gasteiger partial charge < -0.3 is 20.8 Å². The predicted octanol–water partition coefficient (Wildman–Crippen LogP) is -0.477. The molecule has 0 aromatic rings. The number of amides is 1. The van der Waals surface area contributed by atoms with Crippen molar-refractivity contribution in [3.8, 4) is 0 Å². The molecule has 4 aliphatic heterocycles. The number of carboxylic acids is 1. The number of allylic oxidation sites excluding steroid dienone is 1. The molecule has 28 heavy (non-hydrogen) atoms. The van der Waals surface area contributed by atoms with Crippen LogP contribution in [0.15, 0.2) is 28.1 Å². The van der Waals surface area contributed by atoms with Gasteiger partial charge >= 0.3 is 5.97 Å². The van der Waals surface area contributed by atoms with Crippen molar-refractivity contribution in [2.24, 2.45) is 16.1 Å². The highest BCUT2D eigenvalue weighted by molar-refractivity contribution is 8.03. The predicted molar refractivity (Wildman–Crippen MR) is 106 cm³/mol. The summed E-state index contributed by atoms with van der Waals surface area (Å²) in [5.41, 5.74) is 8.56. The van der Waals surface area contributed by atoms with Crippen molar-refractivity contribution in [2.45, 2.75) is 31.5 Å². The van der Waals surface area contributed by atoms with Gasteiger partial charge in [-0.3, -0.25) is 14.6 Å². The molecule has 2 saturated heterocycles. The second kappa shape index (κ2) is 6.95. The number of aliphatic imine (C=N–C) groups is 1. The summed E-state index contributed by atoms with van der Waals surface area (Å²) in [6.45, 7) is 3.65. The first-order chi connectivity index (χ1) is 13.2. The highest BCUT2D eigenvalue weighted by Crippen LogP contribution is 2.44. The highest BCUT2D eigenvalue weighted by Gasteiger charge is 2.55. The number of aliphatic hydroxyl groups excluding tert-OH is 1. The molecule has 12 heteroatoms. The number of nitrogens with zero attached hydrogens (tertiary/aromatic N) is 4. The number of aliphatic hydroxyl groups is 1. The number of carboxylic acid groups (broad SMARTS) is 1. The summed E-state index contributed by atoms with van der Waals surface area (Å²) in [6, 6.07) is -0.530. The van der Waals surface area contributed by atoms with Crippen LogP contribution >= 0.6 is 23.5 Å². The minimum Gasteiger partial charge on any atom is -0.481 e. The van der Waals surface area contributed by atoms with Crippen molar-refractivity contribution in [2.75, 3.05) is 18.1 Å². The van der Waals surface area contributed by atoms with Gasteiger partial charge in [-0.15, -0.1) is 29.1 Å². The summed E-state index contributed by atoms with van der Waals surface area (Å²) in [7, 11) is 0. The van der Waals surface area contributed by atoms with E-state index in [1.807, 2.05) is 13.0 Å². The highest BCUT2D eigenvalue weighted by atomic mass is 32.2. The maximum absolute atomic E-state index is 12.1. The molecule has 0 aromatic heterocycles. The largest absolute Gasteiger partial charge is 0.481 e. The van der Waals surface area contributed by atoms with Gasteiger partial charge in [0.2, 0.25) is 5.91 Å². The number of β-lactam (4-membered cyclic amide) rings is 1. The van der Waals surface area contributed by atoms with Crippen molar-refractivity contribution < 1.29 is 19.8 Å². The number of rotatable bonds is 5. The van der Waals surface area contributed by atoms with Crippen LogP contribution in [0, 0.1) is 5.41 Å². The van der Waals surface area contributed by atoms with Gasteiger partial charge in [-0.2, -0.15) is 0 Å². The van der Waals surface area contributed by atoms with E-state index in [9.17, 15) is 19.8 Å². The fourth-order valence-electron chi connectivity index (χ4n) is 3.39. The molecule has 0 aliphatic carbocycles. The number of hydrazine groups is 2. The van der Waals surface area contributed by atoms with E-state index in [1.54, 1.807) is 23.0 Å². The molecule has 10 nitrogen and oxygen atoms in total. The lowest BCUT2D eigenvalue weighted by Crippen LogP contribution is -2.72.